The molecule has 0 aromatic heterocycles. The normalized spacial score (nSPS) is 19.2. The molecule has 0 aromatic rings. The van der Waals surface area contributed by atoms with Gasteiger partial charge in [0, 0.05) is 32.3 Å². The molecule has 4 N–H and O–H groups in total. The van der Waals surface area contributed by atoms with Crippen LogP contribution in [0.2, 0.25) is 0 Å². The third kappa shape index (κ3) is 6.58. The highest BCUT2D eigenvalue weighted by Crippen LogP contribution is 2.21. The molecule has 0 unspecified atom stereocenters. The van der Waals surface area contributed by atoms with Gasteiger partial charge in [0.15, 0.2) is 0 Å². The number of hydrogen-bond donors (Lipinski definition) is 3. The molecule has 2 aliphatic rings. The number of aliphatic imine (C=N–C) groups is 1. The Hall–Kier alpha value is -2.81. The van der Waals surface area contributed by atoms with E-state index < -0.39 is 0 Å². The molecule has 1 aliphatic carbocycles. The second-order valence-electron chi connectivity index (χ2n) is 7.55. The minimum atomic E-state index is -0.218. The summed E-state index contributed by atoms with van der Waals surface area (Å²) in [6.07, 6.45) is 9.21. The SMILES string of the molecule is CCCN(C=O)N(CC)/C(=C/[C@H](C)/N=C1\C=C(OCCO)C(=N)C=C1N)N1CCCC1. The van der Waals surface area contributed by atoms with Crippen molar-refractivity contribution < 1.29 is 14.6 Å². The predicted octanol–water partition coefficient (Wildman–Crippen LogP) is 1.63. The zero-order valence-corrected chi connectivity index (χ0v) is 18.9. The minimum Gasteiger partial charge on any atom is -0.489 e. The summed E-state index contributed by atoms with van der Waals surface area (Å²) in [6.45, 7) is 9.24. The number of amides is 1. The lowest BCUT2D eigenvalue weighted by Gasteiger charge is -2.39. The third-order valence-electron chi connectivity index (χ3n) is 5.09. The Bertz CT molecular complexity index is 752. The van der Waals surface area contributed by atoms with E-state index in [0.717, 1.165) is 44.6 Å². The highest BCUT2D eigenvalue weighted by Gasteiger charge is 2.24. The molecule has 9 nitrogen and oxygen atoms in total. The lowest BCUT2D eigenvalue weighted by atomic mass is 10.1. The minimum absolute atomic E-state index is 0.105. The Kier molecular flexibility index (Phi) is 9.58. The van der Waals surface area contributed by atoms with Gasteiger partial charge in [0.2, 0.25) is 6.41 Å². The molecule has 2 rings (SSSR count). The van der Waals surface area contributed by atoms with E-state index in [4.69, 9.17) is 26.0 Å². The van der Waals surface area contributed by atoms with E-state index in [1.807, 2.05) is 18.9 Å². The van der Waals surface area contributed by atoms with Crippen molar-refractivity contribution >= 4 is 17.8 Å². The number of nitrogens with zero attached hydrogens (tertiary/aromatic N) is 4. The molecule has 0 aromatic carbocycles. The second-order valence-corrected chi connectivity index (χ2v) is 7.55. The molecule has 0 radical (unpaired) electrons. The molecular weight excluding hydrogens is 396 g/mol. The van der Waals surface area contributed by atoms with Gasteiger partial charge < -0.3 is 20.5 Å². The van der Waals surface area contributed by atoms with E-state index in [1.165, 1.54) is 6.08 Å². The Morgan fingerprint density at radius 3 is 2.68 bits per heavy atom. The zero-order chi connectivity index (χ0) is 22.8. The van der Waals surface area contributed by atoms with Crippen LogP contribution in [0, 0.1) is 5.41 Å². The molecular formula is C22H36N6O3. The lowest BCUT2D eigenvalue weighted by molar-refractivity contribution is -0.133. The van der Waals surface area contributed by atoms with Gasteiger partial charge in [-0.1, -0.05) is 6.92 Å². The average Bonchev–Trinajstić information content (AvgIpc) is 3.28. The van der Waals surface area contributed by atoms with Crippen molar-refractivity contribution in [3.8, 4) is 0 Å². The molecule has 1 saturated heterocycles. The average molecular weight is 433 g/mol. The number of hydrogen-bond acceptors (Lipinski definition) is 8. The van der Waals surface area contributed by atoms with Crippen molar-refractivity contribution in [1.82, 2.24) is 14.9 Å². The van der Waals surface area contributed by atoms with Crippen LogP contribution in [0.3, 0.4) is 0 Å². The van der Waals surface area contributed by atoms with Gasteiger partial charge in [-0.2, -0.15) is 0 Å². The molecule has 1 heterocycles. The van der Waals surface area contributed by atoms with E-state index in [0.29, 0.717) is 30.3 Å². The number of rotatable bonds is 12. The number of likely N-dealkylation sites (tertiary alicyclic amines) is 1. The highest BCUT2D eigenvalue weighted by atomic mass is 16.5. The van der Waals surface area contributed by atoms with E-state index in [1.54, 1.807) is 11.1 Å². The van der Waals surface area contributed by atoms with E-state index >= 15 is 0 Å². The summed E-state index contributed by atoms with van der Waals surface area (Å²) < 4.78 is 5.42. The molecule has 0 bridgehead atoms. The first-order chi connectivity index (χ1) is 14.9. The number of aliphatic hydroxyl groups excluding tert-OH is 1. The van der Waals surface area contributed by atoms with E-state index in [-0.39, 0.29) is 25.0 Å². The third-order valence-corrected chi connectivity index (χ3v) is 5.09. The number of aliphatic hydroxyl groups is 1. The fourth-order valence-electron chi connectivity index (χ4n) is 3.68. The highest BCUT2D eigenvalue weighted by molar-refractivity contribution is 6.21. The van der Waals surface area contributed by atoms with Crippen LogP contribution in [0.25, 0.3) is 0 Å². The van der Waals surface area contributed by atoms with Crippen molar-refractivity contribution in [2.75, 3.05) is 39.4 Å². The summed E-state index contributed by atoms with van der Waals surface area (Å²) >= 11 is 0. The maximum absolute atomic E-state index is 11.7. The lowest BCUT2D eigenvalue weighted by Crippen LogP contribution is -2.46. The van der Waals surface area contributed by atoms with Gasteiger partial charge in [-0.15, -0.1) is 0 Å². The molecule has 1 atom stereocenters. The summed E-state index contributed by atoms with van der Waals surface area (Å²) in [6, 6.07) is -0.218. The van der Waals surface area contributed by atoms with Gasteiger partial charge >= 0.3 is 0 Å². The summed E-state index contributed by atoms with van der Waals surface area (Å²) in [4.78, 5) is 18.8. The first-order valence-corrected chi connectivity index (χ1v) is 11.0. The summed E-state index contributed by atoms with van der Waals surface area (Å²) in [5.74, 6) is 1.31. The summed E-state index contributed by atoms with van der Waals surface area (Å²) in [5.41, 5.74) is 7.20. The number of ether oxygens (including phenoxy) is 1. The Morgan fingerprint density at radius 2 is 2.10 bits per heavy atom. The fourth-order valence-corrected chi connectivity index (χ4v) is 3.68. The van der Waals surface area contributed by atoms with Crippen LogP contribution in [-0.2, 0) is 9.53 Å². The van der Waals surface area contributed by atoms with Gasteiger partial charge in [-0.05, 0) is 45.3 Å². The van der Waals surface area contributed by atoms with Crippen molar-refractivity contribution in [3.05, 3.63) is 35.5 Å². The monoisotopic (exact) mass is 432 g/mol. The molecule has 31 heavy (non-hydrogen) atoms. The number of hydrazine groups is 1. The largest absolute Gasteiger partial charge is 0.489 e. The number of nitrogens with one attached hydrogen (secondary N) is 1. The zero-order valence-electron chi connectivity index (χ0n) is 18.9. The van der Waals surface area contributed by atoms with Crippen LogP contribution < -0.4 is 5.73 Å². The number of carbonyl (C=O) groups excluding carboxylic acids is 1. The van der Waals surface area contributed by atoms with Crippen LogP contribution in [0.15, 0.2) is 40.5 Å². The van der Waals surface area contributed by atoms with Gasteiger partial charge in [0.05, 0.1) is 29.8 Å². The molecule has 1 aliphatic heterocycles. The second kappa shape index (κ2) is 12.1. The Morgan fingerprint density at radius 1 is 1.39 bits per heavy atom. The quantitative estimate of drug-likeness (QED) is 0.245. The van der Waals surface area contributed by atoms with E-state index in [2.05, 4.69) is 17.9 Å². The van der Waals surface area contributed by atoms with Crippen LogP contribution in [-0.4, -0.2) is 83.3 Å². The fraction of sp³-hybridized carbons (Fsp3) is 0.591. The van der Waals surface area contributed by atoms with Crippen LogP contribution in [0.5, 0.6) is 0 Å². The topological polar surface area (TPSA) is 118 Å². The van der Waals surface area contributed by atoms with Crippen molar-refractivity contribution in [2.45, 2.75) is 46.1 Å². The maximum Gasteiger partial charge on any atom is 0.228 e. The molecule has 172 valence electrons. The van der Waals surface area contributed by atoms with Gasteiger partial charge in [0.25, 0.3) is 0 Å². The molecule has 1 fully saturated rings. The van der Waals surface area contributed by atoms with E-state index in [9.17, 15) is 4.79 Å². The van der Waals surface area contributed by atoms with Gasteiger partial charge in [-0.25, -0.2) is 0 Å². The standard InChI is InChI=1S/C22H36N6O3/c1-4-8-27(16-30)28(5-2)22(26-9-6-7-10-26)13-17(3)25-20-15-21(31-12-11-29)19(24)14-18(20)23/h13-17,24,29H,4-12,23H2,1-3H3/b22-13+,24-19?,25-20+/t17-/m0/s1. The number of carbonyl (C=O) groups is 1. The van der Waals surface area contributed by atoms with Gasteiger partial charge in [0.1, 0.15) is 18.2 Å². The van der Waals surface area contributed by atoms with Crippen LogP contribution in [0.1, 0.15) is 40.0 Å². The van der Waals surface area contributed by atoms with Crippen LogP contribution >= 0.6 is 0 Å². The Balaban J connectivity index is 2.35. The van der Waals surface area contributed by atoms with Crippen molar-refractivity contribution in [1.29, 1.82) is 5.41 Å². The molecule has 0 saturated carbocycles. The van der Waals surface area contributed by atoms with Crippen molar-refractivity contribution in [3.63, 3.8) is 0 Å². The van der Waals surface area contributed by atoms with Crippen molar-refractivity contribution in [2.24, 2.45) is 10.7 Å². The van der Waals surface area contributed by atoms with Gasteiger partial charge in [-0.3, -0.25) is 25.2 Å². The predicted molar refractivity (Wildman–Crippen MR) is 122 cm³/mol. The summed E-state index contributed by atoms with van der Waals surface area (Å²) in [5, 5.41) is 20.7. The van der Waals surface area contributed by atoms with Crippen LogP contribution in [0.4, 0.5) is 0 Å². The smallest absolute Gasteiger partial charge is 0.228 e. The number of allylic oxidation sites excluding steroid dienone is 2. The molecule has 9 heteroatoms. The molecule has 0 spiro atoms. The Labute approximate surface area is 185 Å². The first-order valence-electron chi connectivity index (χ1n) is 11.0. The first kappa shape index (κ1) is 24.5. The number of nitrogens with two attached hydrogens (primary N) is 1. The molecule has 1 amide bonds. The summed E-state index contributed by atoms with van der Waals surface area (Å²) in [7, 11) is 0. The maximum atomic E-state index is 11.7.